The monoisotopic (exact) mass is 746 g/mol. The molecule has 0 aliphatic carbocycles. The Hall–Kier alpha value is -4.52. The Labute approximate surface area is 319 Å². The molecule has 0 saturated heterocycles. The fraction of sp³-hybridized carbons (Fsp3) is 0.537. The molecule has 2 aromatic carbocycles. The summed E-state index contributed by atoms with van der Waals surface area (Å²) < 4.78 is 17.9. The van der Waals surface area contributed by atoms with Crippen LogP contribution in [0, 0.1) is 26.7 Å². The van der Waals surface area contributed by atoms with Crippen LogP contribution in [0.4, 0.5) is 0 Å². The summed E-state index contributed by atoms with van der Waals surface area (Å²) in [5.74, 6) is -1.11. The fourth-order valence-electron chi connectivity index (χ4n) is 6.42. The maximum atomic E-state index is 14.0. The quantitative estimate of drug-likeness (QED) is 0.0424. The van der Waals surface area contributed by atoms with E-state index in [4.69, 9.17) is 19.7 Å². The third kappa shape index (κ3) is 15.1. The van der Waals surface area contributed by atoms with Crippen molar-refractivity contribution >= 4 is 11.9 Å². The summed E-state index contributed by atoms with van der Waals surface area (Å²) in [5, 5.41) is 16.3. The Morgan fingerprint density at radius 3 is 2.22 bits per heavy atom. The summed E-state index contributed by atoms with van der Waals surface area (Å²) in [4.78, 5) is 44.4. The number of carboxylic acid groups (broad SMARTS) is 1. The molecule has 0 radical (unpaired) electrons. The summed E-state index contributed by atoms with van der Waals surface area (Å²) in [6, 6.07) is 13.8. The molecule has 3 aromatic rings. The van der Waals surface area contributed by atoms with E-state index in [0.29, 0.717) is 90.0 Å². The largest absolute Gasteiger partial charge is 0.481 e. The molecular weight excluding hydrogens is 688 g/mol. The highest BCUT2D eigenvalue weighted by Crippen LogP contribution is 2.31. The lowest BCUT2D eigenvalue weighted by Crippen LogP contribution is -2.39. The summed E-state index contributed by atoms with van der Waals surface area (Å²) >= 11 is 0. The van der Waals surface area contributed by atoms with Gasteiger partial charge in [-0.3, -0.25) is 14.4 Å². The van der Waals surface area contributed by atoms with Gasteiger partial charge in [-0.2, -0.15) is 0 Å². The molecule has 294 valence electrons. The van der Waals surface area contributed by atoms with Gasteiger partial charge >= 0.3 is 5.97 Å². The van der Waals surface area contributed by atoms with Crippen molar-refractivity contribution in [1.29, 1.82) is 0 Å². The number of benzene rings is 2. The molecule has 0 aliphatic heterocycles. The summed E-state index contributed by atoms with van der Waals surface area (Å²) in [6.07, 6.45) is 3.19. The van der Waals surface area contributed by atoms with E-state index >= 15 is 0 Å². The number of aliphatic carboxylic acids is 1. The highest BCUT2D eigenvalue weighted by molar-refractivity contribution is 5.82. The lowest BCUT2D eigenvalue weighted by Gasteiger charge is -2.25. The van der Waals surface area contributed by atoms with E-state index in [0.717, 1.165) is 27.8 Å². The predicted molar refractivity (Wildman–Crippen MR) is 211 cm³/mol. The number of hydrogen-bond acceptors (Lipinski definition) is 8. The molecule has 2 atom stereocenters. The first-order chi connectivity index (χ1) is 25.9. The van der Waals surface area contributed by atoms with Gasteiger partial charge in [-0.25, -0.2) is 0 Å². The maximum Gasteiger partial charge on any atom is 0.305 e. The van der Waals surface area contributed by atoms with Gasteiger partial charge in [0.15, 0.2) is 0 Å². The van der Waals surface area contributed by atoms with Crippen LogP contribution in [-0.4, -0.2) is 92.8 Å². The van der Waals surface area contributed by atoms with Crippen LogP contribution in [0.2, 0.25) is 0 Å². The number of hydrogen-bond donors (Lipinski definition) is 2. The molecule has 0 fully saturated rings. The van der Waals surface area contributed by atoms with Gasteiger partial charge in [-0.1, -0.05) is 54.9 Å². The van der Waals surface area contributed by atoms with Crippen LogP contribution in [0.25, 0.3) is 21.6 Å². The minimum absolute atomic E-state index is 0.273. The third-order valence-corrected chi connectivity index (χ3v) is 9.16. The molecular formula is C41H58N6O7. The summed E-state index contributed by atoms with van der Waals surface area (Å²) in [6.45, 7) is 14.7. The lowest BCUT2D eigenvalue weighted by molar-refractivity contribution is -0.138. The zero-order valence-corrected chi connectivity index (χ0v) is 32.8. The average Bonchev–Trinajstić information content (AvgIpc) is 3.11. The van der Waals surface area contributed by atoms with Crippen molar-refractivity contribution in [1.82, 2.24) is 14.8 Å². The molecule has 0 spiro atoms. The number of ether oxygens (including phenoxy) is 3. The second-order valence-electron chi connectivity index (χ2n) is 14.2. The normalized spacial score (nSPS) is 12.4. The molecule has 13 nitrogen and oxygen atoms in total. The molecule has 0 aliphatic rings. The molecule has 1 heterocycles. The van der Waals surface area contributed by atoms with Gasteiger partial charge in [0, 0.05) is 36.8 Å². The Balaban J connectivity index is 1.61. The first-order valence-electron chi connectivity index (χ1n) is 18.7. The van der Waals surface area contributed by atoms with Crippen LogP contribution in [0.3, 0.4) is 0 Å². The summed E-state index contributed by atoms with van der Waals surface area (Å²) in [5.41, 5.74) is 15.0. The number of amides is 1. The zero-order valence-electron chi connectivity index (χ0n) is 32.8. The maximum absolute atomic E-state index is 14.0. The van der Waals surface area contributed by atoms with E-state index in [-0.39, 0.29) is 17.9 Å². The molecule has 54 heavy (non-hydrogen) atoms. The SMILES string of the molecule is Cc1cc(C)c(-c2cccc(C(CC(=O)O)NC(=O)C(CCC(C)C)n3ccc(CCN(C)CCOCCOCCOCCN=[N+]=[N-])cc3=O)c2)c(C)c1. The van der Waals surface area contributed by atoms with Gasteiger partial charge in [-0.15, -0.1) is 0 Å². The second kappa shape index (κ2) is 23.3. The van der Waals surface area contributed by atoms with Crippen LogP contribution < -0.4 is 10.9 Å². The van der Waals surface area contributed by atoms with E-state index in [9.17, 15) is 19.5 Å². The number of pyridine rings is 1. The van der Waals surface area contributed by atoms with Crippen molar-refractivity contribution in [3.05, 3.63) is 103 Å². The Kier molecular flexibility index (Phi) is 18.9. The Bertz CT molecular complexity index is 1730. The van der Waals surface area contributed by atoms with Crippen molar-refractivity contribution in [2.24, 2.45) is 11.0 Å². The molecule has 1 amide bonds. The number of aromatic nitrogens is 1. The van der Waals surface area contributed by atoms with E-state index in [1.54, 1.807) is 12.3 Å². The second-order valence-corrected chi connectivity index (χ2v) is 14.2. The van der Waals surface area contributed by atoms with Gasteiger partial charge in [0.05, 0.1) is 52.1 Å². The Morgan fingerprint density at radius 1 is 0.926 bits per heavy atom. The first-order valence-corrected chi connectivity index (χ1v) is 18.7. The zero-order chi connectivity index (χ0) is 39.5. The molecule has 2 N–H and O–H groups in total. The van der Waals surface area contributed by atoms with E-state index in [1.165, 1.54) is 10.1 Å². The number of aryl methyl sites for hydroxylation is 3. The lowest BCUT2D eigenvalue weighted by atomic mass is 9.91. The number of azide groups is 1. The number of carbonyl (C=O) groups excluding carboxylic acids is 1. The average molecular weight is 747 g/mol. The number of carboxylic acids is 1. The van der Waals surface area contributed by atoms with Crippen LogP contribution in [-0.2, 0) is 30.2 Å². The van der Waals surface area contributed by atoms with Gasteiger partial charge < -0.3 is 34.1 Å². The van der Waals surface area contributed by atoms with Crippen molar-refractivity contribution in [3.63, 3.8) is 0 Å². The van der Waals surface area contributed by atoms with Gasteiger partial charge in [0.1, 0.15) is 6.04 Å². The summed E-state index contributed by atoms with van der Waals surface area (Å²) in [7, 11) is 1.99. The fourth-order valence-corrected chi connectivity index (χ4v) is 6.42. The van der Waals surface area contributed by atoms with Gasteiger partial charge in [0.25, 0.3) is 5.56 Å². The van der Waals surface area contributed by atoms with Crippen molar-refractivity contribution in [3.8, 4) is 11.1 Å². The van der Waals surface area contributed by atoms with Crippen LogP contribution in [0.1, 0.15) is 73.0 Å². The first kappa shape index (κ1) is 43.9. The van der Waals surface area contributed by atoms with Crippen molar-refractivity contribution < 1.29 is 28.9 Å². The van der Waals surface area contributed by atoms with Crippen LogP contribution in [0.5, 0.6) is 0 Å². The molecule has 0 saturated carbocycles. The topological polar surface area (TPSA) is 168 Å². The van der Waals surface area contributed by atoms with E-state index in [1.807, 2.05) is 37.4 Å². The minimum atomic E-state index is -1.03. The molecule has 3 rings (SSSR count). The standard InChI is InChI=1S/C41H58N6O7/c1-29(2)10-11-37(41(51)44-36(28-39(49)50)34-8-7-9-35(27-34)40-31(4)24-30(3)25-32(40)5)47-16-13-33(26-38(47)48)12-15-46(6)17-19-53-21-23-54-22-20-52-18-14-43-45-42/h7-9,13,16,24-27,29,36-37H,10-12,14-15,17-23,28H2,1-6H3,(H,44,51)(H,49,50). The van der Waals surface area contributed by atoms with Crippen molar-refractivity contribution in [2.45, 2.75) is 72.4 Å². The number of nitrogens with zero attached hydrogens (tertiary/aromatic N) is 5. The number of rotatable bonds is 25. The smallest absolute Gasteiger partial charge is 0.305 e. The Morgan fingerprint density at radius 2 is 1.59 bits per heavy atom. The highest BCUT2D eigenvalue weighted by Gasteiger charge is 2.27. The van der Waals surface area contributed by atoms with Crippen LogP contribution in [0.15, 0.2) is 64.6 Å². The number of likely N-dealkylation sites (N-methyl/N-ethyl adjacent to an activating group) is 1. The van der Waals surface area contributed by atoms with E-state index in [2.05, 4.69) is 67.0 Å². The predicted octanol–water partition coefficient (Wildman–Crippen LogP) is 6.58. The molecule has 0 bridgehead atoms. The third-order valence-electron chi connectivity index (χ3n) is 9.16. The van der Waals surface area contributed by atoms with Crippen LogP contribution >= 0.6 is 0 Å². The minimum Gasteiger partial charge on any atom is -0.481 e. The van der Waals surface area contributed by atoms with Crippen molar-refractivity contribution in [2.75, 3.05) is 66.3 Å². The van der Waals surface area contributed by atoms with E-state index < -0.39 is 18.1 Å². The molecule has 1 aromatic heterocycles. The van der Waals surface area contributed by atoms with Gasteiger partial charge in [-0.05, 0) is 104 Å². The molecule has 2 unspecified atom stereocenters. The highest BCUT2D eigenvalue weighted by atomic mass is 16.5. The molecule has 13 heteroatoms. The number of nitrogens with one attached hydrogen (secondary N) is 1. The number of carbonyl (C=O) groups is 2. The van der Waals surface area contributed by atoms with Gasteiger partial charge in [0.2, 0.25) is 5.91 Å².